The maximum atomic E-state index is 13.3. The number of amides is 1. The van der Waals surface area contributed by atoms with Gasteiger partial charge in [0.1, 0.15) is 19.3 Å². The fourth-order valence-electron chi connectivity index (χ4n) is 3.82. The summed E-state index contributed by atoms with van der Waals surface area (Å²) in [4.78, 5) is 25.2. The van der Waals surface area contributed by atoms with E-state index in [1.165, 1.54) is 19.1 Å². The van der Waals surface area contributed by atoms with Gasteiger partial charge in [-0.3, -0.25) is 9.59 Å². The number of carbonyl (C=O) groups excluding carboxylic acids is 2. The molecular weight excluding hydrogens is 448 g/mol. The van der Waals surface area contributed by atoms with Gasteiger partial charge in [-0.15, -0.1) is 0 Å². The van der Waals surface area contributed by atoms with Crippen molar-refractivity contribution in [2.45, 2.75) is 43.4 Å². The van der Waals surface area contributed by atoms with E-state index in [9.17, 15) is 18.0 Å². The van der Waals surface area contributed by atoms with Crippen LogP contribution in [-0.2, 0) is 30.9 Å². The molecule has 0 aliphatic carbocycles. The SMILES string of the molecule is C[C@@H](OC(=O)[C@@H]1CCCN1S(=O)(=O)c1ccc2c(c1)OCCO2)C(=O)NCc1ccccc1. The third-order valence-corrected chi connectivity index (χ3v) is 7.47. The number of nitrogens with zero attached hydrogens (tertiary/aromatic N) is 1. The minimum atomic E-state index is -3.97. The molecule has 1 N–H and O–H groups in total. The molecule has 0 bridgehead atoms. The van der Waals surface area contributed by atoms with E-state index >= 15 is 0 Å². The molecule has 0 spiro atoms. The molecule has 0 aromatic heterocycles. The van der Waals surface area contributed by atoms with Crippen LogP contribution in [0.1, 0.15) is 25.3 Å². The van der Waals surface area contributed by atoms with Gasteiger partial charge in [-0.05, 0) is 37.5 Å². The van der Waals surface area contributed by atoms with Crippen LogP contribution in [0.15, 0.2) is 53.4 Å². The lowest BCUT2D eigenvalue weighted by atomic mass is 10.2. The quantitative estimate of drug-likeness (QED) is 0.610. The first kappa shape index (κ1) is 23.1. The molecule has 2 aromatic rings. The van der Waals surface area contributed by atoms with E-state index in [2.05, 4.69) is 5.32 Å². The van der Waals surface area contributed by atoms with Crippen molar-refractivity contribution in [1.29, 1.82) is 0 Å². The highest BCUT2D eigenvalue weighted by Gasteiger charge is 2.41. The van der Waals surface area contributed by atoms with Crippen molar-refractivity contribution < 1.29 is 32.2 Å². The number of carbonyl (C=O) groups is 2. The Morgan fingerprint density at radius 3 is 2.61 bits per heavy atom. The molecule has 2 heterocycles. The second kappa shape index (κ2) is 9.80. The molecule has 0 saturated carbocycles. The number of ether oxygens (including phenoxy) is 3. The molecule has 9 nitrogen and oxygen atoms in total. The zero-order valence-corrected chi connectivity index (χ0v) is 19.0. The second-order valence-electron chi connectivity index (χ2n) is 7.86. The minimum absolute atomic E-state index is 0.0140. The highest BCUT2D eigenvalue weighted by atomic mass is 32.2. The van der Waals surface area contributed by atoms with E-state index in [1.54, 1.807) is 6.07 Å². The first-order valence-electron chi connectivity index (χ1n) is 10.8. The molecule has 1 amide bonds. The summed E-state index contributed by atoms with van der Waals surface area (Å²) in [5, 5.41) is 2.72. The molecule has 2 atom stereocenters. The smallest absolute Gasteiger partial charge is 0.325 e. The van der Waals surface area contributed by atoms with Crippen molar-refractivity contribution in [2.24, 2.45) is 0 Å². The van der Waals surface area contributed by atoms with Crippen LogP contribution < -0.4 is 14.8 Å². The Morgan fingerprint density at radius 2 is 1.85 bits per heavy atom. The number of sulfonamides is 1. The van der Waals surface area contributed by atoms with Crippen LogP contribution >= 0.6 is 0 Å². The van der Waals surface area contributed by atoms with Crippen molar-refractivity contribution >= 4 is 21.9 Å². The van der Waals surface area contributed by atoms with E-state index in [-0.39, 0.29) is 11.4 Å². The fourth-order valence-corrected chi connectivity index (χ4v) is 5.48. The molecule has 0 radical (unpaired) electrons. The Kier molecular flexibility index (Phi) is 6.85. The molecule has 33 heavy (non-hydrogen) atoms. The Morgan fingerprint density at radius 1 is 1.12 bits per heavy atom. The largest absolute Gasteiger partial charge is 0.486 e. The molecular formula is C23H26N2O7S. The van der Waals surface area contributed by atoms with E-state index in [4.69, 9.17) is 14.2 Å². The third kappa shape index (κ3) is 5.12. The summed E-state index contributed by atoms with van der Waals surface area (Å²) in [6, 6.07) is 12.7. The van der Waals surface area contributed by atoms with E-state index in [1.807, 2.05) is 30.3 Å². The number of hydrogen-bond donors (Lipinski definition) is 1. The fraction of sp³-hybridized carbons (Fsp3) is 0.391. The van der Waals surface area contributed by atoms with Crippen molar-refractivity contribution in [3.8, 4) is 11.5 Å². The highest BCUT2D eigenvalue weighted by molar-refractivity contribution is 7.89. The number of fused-ring (bicyclic) bond motifs is 1. The molecule has 2 aliphatic rings. The molecule has 4 rings (SSSR count). The van der Waals surface area contributed by atoms with Crippen molar-refractivity contribution in [1.82, 2.24) is 9.62 Å². The summed E-state index contributed by atoms with van der Waals surface area (Å²) in [7, 11) is -3.97. The van der Waals surface area contributed by atoms with Gasteiger partial charge in [-0.1, -0.05) is 30.3 Å². The van der Waals surface area contributed by atoms with E-state index < -0.39 is 34.0 Å². The average molecular weight is 475 g/mol. The topological polar surface area (TPSA) is 111 Å². The molecule has 1 fully saturated rings. The van der Waals surface area contributed by atoms with Gasteiger partial charge in [-0.25, -0.2) is 8.42 Å². The van der Waals surface area contributed by atoms with E-state index in [0.29, 0.717) is 44.1 Å². The van der Waals surface area contributed by atoms with Crippen LogP contribution in [0, 0.1) is 0 Å². The molecule has 10 heteroatoms. The van der Waals surface area contributed by atoms with E-state index in [0.717, 1.165) is 9.87 Å². The molecule has 0 unspecified atom stereocenters. The average Bonchev–Trinajstić information content (AvgIpc) is 3.34. The second-order valence-corrected chi connectivity index (χ2v) is 9.75. The van der Waals surface area contributed by atoms with Crippen LogP contribution in [0.3, 0.4) is 0 Å². The molecule has 2 aromatic carbocycles. The van der Waals surface area contributed by atoms with Crippen LogP contribution in [0.4, 0.5) is 0 Å². The van der Waals surface area contributed by atoms with Crippen molar-refractivity contribution in [3.05, 3.63) is 54.1 Å². The van der Waals surface area contributed by atoms with Crippen LogP contribution in [0.2, 0.25) is 0 Å². The maximum absolute atomic E-state index is 13.3. The summed E-state index contributed by atoms with van der Waals surface area (Å²) in [5.41, 5.74) is 0.914. The highest BCUT2D eigenvalue weighted by Crippen LogP contribution is 2.35. The minimum Gasteiger partial charge on any atom is -0.486 e. The van der Waals surface area contributed by atoms with Gasteiger partial charge in [0.25, 0.3) is 5.91 Å². The lowest BCUT2D eigenvalue weighted by Gasteiger charge is -2.25. The van der Waals surface area contributed by atoms with Gasteiger partial charge in [0, 0.05) is 19.2 Å². The number of rotatable bonds is 7. The van der Waals surface area contributed by atoms with Gasteiger partial charge in [-0.2, -0.15) is 4.31 Å². The Balaban J connectivity index is 1.40. The maximum Gasteiger partial charge on any atom is 0.325 e. The standard InChI is InChI=1S/C23H26N2O7S/c1-16(22(26)24-15-17-6-3-2-4-7-17)32-23(27)19-8-5-11-25(19)33(28,29)18-9-10-20-21(14-18)31-13-12-30-20/h2-4,6-7,9-10,14,16,19H,5,8,11-13,15H2,1H3,(H,24,26)/t16-,19+/m1/s1. The van der Waals surface area contributed by atoms with Gasteiger partial charge in [0.2, 0.25) is 10.0 Å². The summed E-state index contributed by atoms with van der Waals surface area (Å²) in [6.07, 6.45) is -0.223. The first-order chi connectivity index (χ1) is 15.9. The van der Waals surface area contributed by atoms with Crippen molar-refractivity contribution in [2.75, 3.05) is 19.8 Å². The van der Waals surface area contributed by atoms with Crippen LogP contribution in [0.5, 0.6) is 11.5 Å². The summed E-state index contributed by atoms with van der Waals surface area (Å²) in [6.45, 7) is 2.68. The number of esters is 1. The predicted octanol–water partition coefficient (Wildman–Crippen LogP) is 1.86. The van der Waals surface area contributed by atoms with Gasteiger partial charge >= 0.3 is 5.97 Å². The normalized spacial score (nSPS) is 19.0. The van der Waals surface area contributed by atoms with Crippen LogP contribution in [-0.4, -0.2) is 56.5 Å². The zero-order valence-electron chi connectivity index (χ0n) is 18.2. The molecule has 176 valence electrons. The van der Waals surface area contributed by atoms with Gasteiger partial charge in [0.15, 0.2) is 17.6 Å². The summed E-state index contributed by atoms with van der Waals surface area (Å²) >= 11 is 0. The summed E-state index contributed by atoms with van der Waals surface area (Å²) in [5.74, 6) is -0.361. The van der Waals surface area contributed by atoms with Crippen LogP contribution in [0.25, 0.3) is 0 Å². The number of hydrogen-bond acceptors (Lipinski definition) is 7. The Labute approximate surface area is 192 Å². The Bertz CT molecular complexity index is 1120. The third-order valence-electron chi connectivity index (χ3n) is 5.57. The summed E-state index contributed by atoms with van der Waals surface area (Å²) < 4.78 is 43.9. The predicted molar refractivity (Wildman–Crippen MR) is 118 cm³/mol. The monoisotopic (exact) mass is 474 g/mol. The zero-order chi connectivity index (χ0) is 23.4. The molecule has 2 aliphatic heterocycles. The first-order valence-corrected chi connectivity index (χ1v) is 12.2. The lowest BCUT2D eigenvalue weighted by molar-refractivity contribution is -0.157. The molecule has 1 saturated heterocycles. The van der Waals surface area contributed by atoms with Gasteiger partial charge < -0.3 is 19.5 Å². The number of nitrogens with one attached hydrogen (secondary N) is 1. The van der Waals surface area contributed by atoms with Gasteiger partial charge in [0.05, 0.1) is 4.90 Å². The Hall–Kier alpha value is -3.11. The number of benzene rings is 2. The lowest BCUT2D eigenvalue weighted by Crippen LogP contribution is -2.44. The van der Waals surface area contributed by atoms with Crippen molar-refractivity contribution in [3.63, 3.8) is 0 Å².